The van der Waals surface area contributed by atoms with Crippen LogP contribution in [-0.2, 0) is 0 Å². The van der Waals surface area contributed by atoms with Crippen LogP contribution in [0.25, 0.3) is 0 Å². The van der Waals surface area contributed by atoms with Crippen LogP contribution >= 0.6 is 23.2 Å². The van der Waals surface area contributed by atoms with Crippen LogP contribution in [0, 0.1) is 0 Å². The van der Waals surface area contributed by atoms with Gasteiger partial charge in [-0.25, -0.2) is 0 Å². The van der Waals surface area contributed by atoms with Crippen molar-refractivity contribution in [1.82, 2.24) is 0 Å². The van der Waals surface area contributed by atoms with Gasteiger partial charge >= 0.3 is 0 Å². The Morgan fingerprint density at radius 2 is 0.738 bits per heavy atom. The quantitative estimate of drug-likeness (QED) is 0.0524. The third-order valence-electron chi connectivity index (χ3n) is 7.58. The van der Waals surface area contributed by atoms with Gasteiger partial charge in [-0.15, -0.1) is 0 Å². The number of halogens is 2. The van der Waals surface area contributed by atoms with Crippen molar-refractivity contribution in [2.75, 3.05) is 0 Å². The zero-order valence-corrected chi connectivity index (χ0v) is 25.6. The number of aromatic nitrogens is 2. The molecule has 2 aromatic heterocycles. The van der Waals surface area contributed by atoms with Crippen molar-refractivity contribution in [3.63, 3.8) is 0 Å². The molecule has 0 spiro atoms. The molecule has 4 aromatic rings. The van der Waals surface area contributed by atoms with Gasteiger partial charge in [0.15, 0.2) is 36.4 Å². The summed E-state index contributed by atoms with van der Waals surface area (Å²) in [5.41, 5.74) is 2.53. The number of unbranched alkanes of at least 4 members (excludes halogenated alkanes) is 7. The summed E-state index contributed by atoms with van der Waals surface area (Å²) in [7, 11) is 0. The molecular formula is C36H40Cl2N2O2+2. The van der Waals surface area contributed by atoms with Crippen LogP contribution < -0.4 is 9.13 Å². The van der Waals surface area contributed by atoms with E-state index in [2.05, 4.69) is 0 Å². The normalized spacial score (nSPS) is 12.5. The molecule has 0 saturated carbocycles. The van der Waals surface area contributed by atoms with E-state index in [1.165, 1.54) is 38.5 Å². The second-order valence-corrected chi connectivity index (χ2v) is 11.7. The Morgan fingerprint density at radius 3 is 1.07 bits per heavy atom. The maximum Gasteiger partial charge on any atom is 0.232 e. The smallest absolute Gasteiger partial charge is 0.232 e. The minimum Gasteiger partial charge on any atom is -0.289 e. The molecule has 0 aliphatic carbocycles. The van der Waals surface area contributed by atoms with Crippen molar-refractivity contribution in [3.05, 3.63) is 132 Å². The van der Waals surface area contributed by atoms with Crippen molar-refractivity contribution < 1.29 is 18.7 Å². The third kappa shape index (κ3) is 9.61. The summed E-state index contributed by atoms with van der Waals surface area (Å²) >= 11 is 13.2. The van der Waals surface area contributed by atoms with Gasteiger partial charge in [-0.3, -0.25) is 9.59 Å². The number of ketones is 2. The molecular weight excluding hydrogens is 563 g/mol. The Morgan fingerprint density at radius 1 is 0.452 bits per heavy atom. The molecule has 218 valence electrons. The van der Waals surface area contributed by atoms with Crippen molar-refractivity contribution in [2.45, 2.75) is 75.2 Å². The fourth-order valence-electron chi connectivity index (χ4n) is 5.05. The lowest BCUT2D eigenvalue weighted by Gasteiger charge is -2.07. The first-order chi connectivity index (χ1) is 20.5. The highest BCUT2D eigenvalue weighted by Crippen LogP contribution is 2.19. The second kappa shape index (κ2) is 16.9. The fraction of sp³-hybridized carbons (Fsp3) is 0.333. The van der Waals surface area contributed by atoms with Crippen molar-refractivity contribution in [1.29, 1.82) is 0 Å². The molecule has 0 bridgehead atoms. The number of benzene rings is 2. The van der Waals surface area contributed by atoms with E-state index >= 15 is 0 Å². The number of hydrogen-bond donors (Lipinski definition) is 0. The SMILES string of the molecule is O=C(c1ccccc1)c1cc[n+](C(Cl)CCCCCCCCCCC(Cl)[n+]2ccc(C(=O)c3ccccc3)cc2)cc1. The zero-order valence-electron chi connectivity index (χ0n) is 24.1. The lowest BCUT2D eigenvalue weighted by molar-refractivity contribution is -0.703. The average Bonchev–Trinajstić information content (AvgIpc) is 3.05. The van der Waals surface area contributed by atoms with Gasteiger partial charge in [0.05, 0.1) is 0 Å². The highest BCUT2D eigenvalue weighted by Gasteiger charge is 2.18. The van der Waals surface area contributed by atoms with Gasteiger partial charge in [0.1, 0.15) is 0 Å². The summed E-state index contributed by atoms with van der Waals surface area (Å²) in [4.78, 5) is 25.2. The molecule has 0 amide bonds. The highest BCUT2D eigenvalue weighted by atomic mass is 35.5. The van der Waals surface area contributed by atoms with E-state index in [4.69, 9.17) is 23.2 Å². The van der Waals surface area contributed by atoms with Crippen molar-refractivity contribution in [2.24, 2.45) is 0 Å². The molecule has 4 nitrogen and oxygen atoms in total. The number of hydrogen-bond acceptors (Lipinski definition) is 2. The van der Waals surface area contributed by atoms with Gasteiger partial charge < -0.3 is 0 Å². The van der Waals surface area contributed by atoms with E-state index in [0.717, 1.165) is 25.7 Å². The molecule has 42 heavy (non-hydrogen) atoms. The molecule has 2 atom stereocenters. The first kappa shape index (κ1) is 31.6. The molecule has 2 heterocycles. The number of pyridine rings is 2. The number of rotatable bonds is 17. The van der Waals surface area contributed by atoms with Crippen LogP contribution in [0.1, 0.15) is 107 Å². The van der Waals surface area contributed by atoms with Gasteiger partial charge in [0.2, 0.25) is 11.0 Å². The first-order valence-corrected chi connectivity index (χ1v) is 15.9. The van der Waals surface area contributed by atoms with E-state index in [9.17, 15) is 9.59 Å². The van der Waals surface area contributed by atoms with Gasteiger partial charge in [0.25, 0.3) is 0 Å². The summed E-state index contributed by atoms with van der Waals surface area (Å²) in [6.07, 6.45) is 18.9. The van der Waals surface area contributed by atoms with Gasteiger partial charge in [-0.1, -0.05) is 99.2 Å². The molecule has 0 fully saturated rings. The maximum atomic E-state index is 12.6. The van der Waals surface area contributed by atoms with E-state index < -0.39 is 0 Å². The van der Waals surface area contributed by atoms with E-state index in [1.54, 1.807) is 0 Å². The van der Waals surface area contributed by atoms with Gasteiger partial charge in [-0.2, -0.15) is 9.13 Å². The zero-order chi connectivity index (χ0) is 29.6. The lowest BCUT2D eigenvalue weighted by Crippen LogP contribution is -2.35. The minimum absolute atomic E-state index is 0.0263. The lowest BCUT2D eigenvalue weighted by atomic mass is 10.0. The maximum absolute atomic E-state index is 12.6. The Hall–Kier alpha value is -3.34. The first-order valence-electron chi connectivity index (χ1n) is 15.0. The molecule has 4 rings (SSSR count). The Labute approximate surface area is 260 Å². The van der Waals surface area contributed by atoms with Crippen molar-refractivity contribution in [3.8, 4) is 0 Å². The van der Waals surface area contributed by atoms with E-state index in [-0.39, 0.29) is 22.6 Å². The van der Waals surface area contributed by atoms with Crippen LogP contribution in [0.5, 0.6) is 0 Å². The number of carbonyl (C=O) groups is 2. The monoisotopic (exact) mass is 602 g/mol. The molecule has 0 aliphatic rings. The van der Waals surface area contributed by atoms with Gasteiger partial charge in [0, 0.05) is 59.4 Å². The summed E-state index contributed by atoms with van der Waals surface area (Å²) in [5.74, 6) is 0.0526. The molecule has 0 N–H and O–H groups in total. The largest absolute Gasteiger partial charge is 0.289 e. The van der Waals surface area contributed by atoms with Gasteiger partial charge in [-0.05, 0) is 36.0 Å². The number of carbonyl (C=O) groups excluding carboxylic acids is 2. The standard InChI is InChI=1S/C36H40Cl2N2O2/c37-33(39-25-21-31(22-26-39)35(41)29-15-9-7-10-16-29)19-13-5-3-1-2-4-6-14-20-34(38)40-27-23-32(24-28-40)36(42)30-17-11-8-12-18-30/h7-12,15-18,21-28,33-34H,1-6,13-14,19-20H2/q+2. The van der Waals surface area contributed by atoms with Crippen LogP contribution in [-0.4, -0.2) is 11.6 Å². The summed E-state index contributed by atoms with van der Waals surface area (Å²) in [5, 5.41) is 0. The Bertz CT molecular complexity index is 1270. The predicted molar refractivity (Wildman–Crippen MR) is 169 cm³/mol. The molecule has 0 saturated heterocycles. The predicted octanol–water partition coefficient (Wildman–Crippen LogP) is 8.80. The Kier molecular flexibility index (Phi) is 12.7. The average molecular weight is 604 g/mol. The molecule has 0 aliphatic heterocycles. The molecule has 6 heteroatoms. The van der Waals surface area contributed by atoms with E-state index in [1.807, 2.05) is 119 Å². The summed E-state index contributed by atoms with van der Waals surface area (Å²) < 4.78 is 3.95. The van der Waals surface area contributed by atoms with Crippen LogP contribution in [0.4, 0.5) is 0 Å². The second-order valence-electron chi connectivity index (χ2n) is 10.7. The summed E-state index contributed by atoms with van der Waals surface area (Å²) in [6.45, 7) is 0. The molecule has 2 unspecified atom stereocenters. The minimum atomic E-state index is -0.104. The highest BCUT2D eigenvalue weighted by molar-refractivity contribution is 6.18. The van der Waals surface area contributed by atoms with Crippen LogP contribution in [0.3, 0.4) is 0 Å². The number of nitrogens with zero attached hydrogens (tertiary/aromatic N) is 2. The third-order valence-corrected chi connectivity index (χ3v) is 8.47. The molecule has 2 aromatic carbocycles. The topological polar surface area (TPSA) is 41.9 Å². The van der Waals surface area contributed by atoms with Crippen LogP contribution in [0.15, 0.2) is 110 Å². The fourth-order valence-corrected chi connectivity index (χ4v) is 5.62. The number of alkyl halides is 2. The Balaban J connectivity index is 1.03. The van der Waals surface area contributed by atoms with Crippen molar-refractivity contribution >= 4 is 34.8 Å². The van der Waals surface area contributed by atoms with E-state index in [0.29, 0.717) is 22.3 Å². The molecule has 0 radical (unpaired) electrons. The van der Waals surface area contributed by atoms with Crippen LogP contribution in [0.2, 0.25) is 0 Å². The summed E-state index contributed by atoms with van der Waals surface area (Å²) in [6, 6.07) is 26.1.